The second-order valence-electron chi connectivity index (χ2n) is 4.98. The highest BCUT2D eigenvalue weighted by Crippen LogP contribution is 2.26. The van der Waals surface area contributed by atoms with Crippen molar-refractivity contribution in [2.75, 3.05) is 31.6 Å². The molecule has 21 heavy (non-hydrogen) atoms. The van der Waals surface area contributed by atoms with Crippen molar-refractivity contribution in [3.05, 3.63) is 29.3 Å². The number of nitriles is 1. The summed E-state index contributed by atoms with van der Waals surface area (Å²) in [6.07, 6.45) is -0.654. The van der Waals surface area contributed by atoms with Gasteiger partial charge in [-0.15, -0.1) is 0 Å². The van der Waals surface area contributed by atoms with Crippen molar-refractivity contribution in [2.24, 2.45) is 0 Å². The molecule has 1 unspecified atom stereocenters. The van der Waals surface area contributed by atoms with Crippen molar-refractivity contribution in [3.63, 3.8) is 0 Å². The lowest BCUT2D eigenvalue weighted by molar-refractivity contribution is -0.129. The number of carbonyl (C=O) groups excluding carboxylic acids is 1. The first-order valence-electron chi connectivity index (χ1n) is 7.15. The molecule has 5 heteroatoms. The van der Waals surface area contributed by atoms with Gasteiger partial charge in [0.25, 0.3) is 0 Å². The van der Waals surface area contributed by atoms with Crippen LogP contribution < -0.4 is 4.90 Å². The largest absolute Gasteiger partial charge is 0.389 e. The minimum absolute atomic E-state index is 0.0291. The van der Waals surface area contributed by atoms with Crippen LogP contribution in [-0.4, -0.2) is 42.6 Å². The molecular weight excluding hydrogens is 266 g/mol. The summed E-state index contributed by atoms with van der Waals surface area (Å²) in [5, 5.41) is 18.9. The predicted octanol–water partition coefficient (Wildman–Crippen LogP) is 1.92. The van der Waals surface area contributed by atoms with Crippen LogP contribution in [-0.2, 0) is 4.79 Å². The van der Waals surface area contributed by atoms with Gasteiger partial charge in [0.1, 0.15) is 0 Å². The van der Waals surface area contributed by atoms with Gasteiger partial charge >= 0.3 is 0 Å². The third kappa shape index (κ3) is 4.20. The third-order valence-corrected chi connectivity index (χ3v) is 3.51. The summed E-state index contributed by atoms with van der Waals surface area (Å²) in [5.74, 6) is 0.0291. The molecule has 0 aromatic heterocycles. The maximum absolute atomic E-state index is 12.2. The summed E-state index contributed by atoms with van der Waals surface area (Å²) in [4.78, 5) is 15.7. The number of hydrogen-bond acceptors (Lipinski definition) is 4. The smallest absolute Gasteiger partial charge is 0.242 e. The van der Waals surface area contributed by atoms with Crippen molar-refractivity contribution >= 4 is 11.6 Å². The first kappa shape index (κ1) is 17.0. The number of amides is 1. The van der Waals surface area contributed by atoms with E-state index in [2.05, 4.69) is 6.07 Å². The van der Waals surface area contributed by atoms with Gasteiger partial charge in [0.05, 0.1) is 24.3 Å². The summed E-state index contributed by atoms with van der Waals surface area (Å²) in [6.45, 7) is 7.12. The Labute approximate surface area is 126 Å². The fourth-order valence-corrected chi connectivity index (χ4v) is 2.26. The van der Waals surface area contributed by atoms with Crippen LogP contribution in [0.1, 0.15) is 38.0 Å². The van der Waals surface area contributed by atoms with E-state index in [-0.39, 0.29) is 12.5 Å². The number of hydrogen-bond donors (Lipinski definition) is 1. The second-order valence-corrected chi connectivity index (χ2v) is 4.98. The van der Waals surface area contributed by atoms with Gasteiger partial charge in [-0.05, 0) is 32.9 Å². The Hall–Kier alpha value is -2.06. The summed E-state index contributed by atoms with van der Waals surface area (Å²) in [5.41, 5.74) is 1.94. The van der Waals surface area contributed by atoms with E-state index in [9.17, 15) is 9.90 Å². The molecule has 0 aliphatic rings. The molecule has 1 aromatic carbocycles. The SMILES string of the molecule is CCN(CC)C(=O)CN(C)c1cc(C#N)ccc1C(C)O. The topological polar surface area (TPSA) is 67.6 Å². The summed E-state index contributed by atoms with van der Waals surface area (Å²) < 4.78 is 0. The predicted molar refractivity (Wildman–Crippen MR) is 83.0 cm³/mol. The van der Waals surface area contributed by atoms with Crippen molar-refractivity contribution in [1.29, 1.82) is 5.26 Å². The van der Waals surface area contributed by atoms with Crippen LogP contribution >= 0.6 is 0 Å². The Morgan fingerprint density at radius 2 is 2.00 bits per heavy atom. The molecule has 1 N–H and O–H groups in total. The summed E-state index contributed by atoms with van der Waals surface area (Å²) >= 11 is 0. The van der Waals surface area contributed by atoms with Crippen molar-refractivity contribution in [2.45, 2.75) is 26.9 Å². The Kier molecular flexibility index (Phi) is 6.19. The molecule has 0 spiro atoms. The summed E-state index contributed by atoms with van der Waals surface area (Å²) in [6, 6.07) is 7.19. The van der Waals surface area contributed by atoms with E-state index >= 15 is 0 Å². The van der Waals surface area contributed by atoms with Gasteiger partial charge in [0.15, 0.2) is 0 Å². The van der Waals surface area contributed by atoms with Gasteiger partial charge in [-0.25, -0.2) is 0 Å². The number of rotatable bonds is 6. The zero-order chi connectivity index (χ0) is 16.0. The molecule has 1 rings (SSSR count). The van der Waals surface area contributed by atoms with Crippen LogP contribution in [0.4, 0.5) is 5.69 Å². The van der Waals surface area contributed by atoms with E-state index < -0.39 is 6.10 Å². The molecular formula is C16H23N3O2. The Morgan fingerprint density at radius 1 is 1.38 bits per heavy atom. The lowest BCUT2D eigenvalue weighted by atomic mass is 10.0. The molecule has 1 atom stereocenters. The lowest BCUT2D eigenvalue weighted by Crippen LogP contribution is -2.39. The molecule has 114 valence electrons. The average Bonchev–Trinajstić information content (AvgIpc) is 2.47. The monoisotopic (exact) mass is 289 g/mol. The number of likely N-dealkylation sites (N-methyl/N-ethyl adjacent to an activating group) is 2. The number of benzene rings is 1. The number of aliphatic hydroxyl groups is 1. The molecule has 0 aliphatic carbocycles. The Morgan fingerprint density at radius 3 is 2.48 bits per heavy atom. The molecule has 1 aromatic rings. The maximum Gasteiger partial charge on any atom is 0.242 e. The van der Waals surface area contributed by atoms with Crippen LogP contribution in [0.25, 0.3) is 0 Å². The fraction of sp³-hybridized carbons (Fsp3) is 0.500. The van der Waals surface area contributed by atoms with Gasteiger partial charge < -0.3 is 14.9 Å². The third-order valence-electron chi connectivity index (χ3n) is 3.51. The van der Waals surface area contributed by atoms with E-state index in [0.29, 0.717) is 29.9 Å². The zero-order valence-corrected chi connectivity index (χ0v) is 13.1. The van der Waals surface area contributed by atoms with Crippen molar-refractivity contribution in [1.82, 2.24) is 4.90 Å². The van der Waals surface area contributed by atoms with Crippen molar-refractivity contribution in [3.8, 4) is 6.07 Å². The van der Waals surface area contributed by atoms with E-state index in [1.54, 1.807) is 42.0 Å². The van der Waals surface area contributed by atoms with Crippen LogP contribution in [0.15, 0.2) is 18.2 Å². The van der Waals surface area contributed by atoms with Gasteiger partial charge in [0, 0.05) is 31.4 Å². The van der Waals surface area contributed by atoms with Crippen LogP contribution in [0, 0.1) is 11.3 Å². The average molecular weight is 289 g/mol. The first-order valence-corrected chi connectivity index (χ1v) is 7.15. The highest BCUT2D eigenvalue weighted by molar-refractivity contribution is 5.81. The highest BCUT2D eigenvalue weighted by atomic mass is 16.3. The minimum Gasteiger partial charge on any atom is -0.389 e. The summed E-state index contributed by atoms with van der Waals surface area (Å²) in [7, 11) is 1.80. The van der Waals surface area contributed by atoms with Crippen LogP contribution in [0.5, 0.6) is 0 Å². The highest BCUT2D eigenvalue weighted by Gasteiger charge is 2.17. The van der Waals surface area contributed by atoms with Crippen molar-refractivity contribution < 1.29 is 9.90 Å². The molecule has 5 nitrogen and oxygen atoms in total. The van der Waals surface area contributed by atoms with Gasteiger partial charge in [0.2, 0.25) is 5.91 Å². The zero-order valence-electron chi connectivity index (χ0n) is 13.1. The van der Waals surface area contributed by atoms with E-state index in [4.69, 9.17) is 5.26 Å². The molecule has 0 aliphatic heterocycles. The molecule has 0 bridgehead atoms. The van der Waals surface area contributed by atoms with E-state index in [0.717, 1.165) is 0 Å². The fourth-order valence-electron chi connectivity index (χ4n) is 2.26. The Bertz CT molecular complexity index is 531. The number of anilines is 1. The van der Waals surface area contributed by atoms with E-state index in [1.807, 2.05) is 13.8 Å². The number of nitrogens with zero attached hydrogens (tertiary/aromatic N) is 3. The molecule has 1 amide bonds. The molecule has 0 saturated heterocycles. The molecule has 0 saturated carbocycles. The first-order chi connectivity index (χ1) is 9.94. The van der Waals surface area contributed by atoms with Gasteiger partial charge in [-0.1, -0.05) is 6.07 Å². The lowest BCUT2D eigenvalue weighted by Gasteiger charge is -2.26. The maximum atomic E-state index is 12.2. The molecule has 0 radical (unpaired) electrons. The molecule has 0 heterocycles. The number of carbonyl (C=O) groups is 1. The second kappa shape index (κ2) is 7.65. The van der Waals surface area contributed by atoms with Crippen LogP contribution in [0.3, 0.4) is 0 Å². The quantitative estimate of drug-likeness (QED) is 0.868. The van der Waals surface area contributed by atoms with E-state index in [1.165, 1.54) is 0 Å². The van der Waals surface area contributed by atoms with Crippen LogP contribution in [0.2, 0.25) is 0 Å². The minimum atomic E-state index is -0.654. The Balaban J connectivity index is 3.03. The van der Waals surface area contributed by atoms with Gasteiger partial charge in [-0.3, -0.25) is 4.79 Å². The standard InChI is InChI=1S/C16H23N3O2/c1-5-19(6-2)16(21)11-18(4)15-9-13(10-17)7-8-14(15)12(3)20/h7-9,12,20H,5-6,11H2,1-4H3. The van der Waals surface area contributed by atoms with Gasteiger partial charge in [-0.2, -0.15) is 5.26 Å². The molecule has 0 fully saturated rings. The number of aliphatic hydroxyl groups excluding tert-OH is 1. The normalized spacial score (nSPS) is 11.6.